The van der Waals surface area contributed by atoms with Gasteiger partial charge in [-0.15, -0.1) is 0 Å². The van der Waals surface area contributed by atoms with Gasteiger partial charge in [-0.3, -0.25) is 9.88 Å². The van der Waals surface area contributed by atoms with E-state index >= 15 is 0 Å². The third-order valence-corrected chi connectivity index (χ3v) is 7.00. The first-order valence-corrected chi connectivity index (χ1v) is 10.3. The van der Waals surface area contributed by atoms with Crippen molar-refractivity contribution in [1.29, 1.82) is 0 Å². The predicted octanol–water partition coefficient (Wildman–Crippen LogP) is 0.953. The minimum absolute atomic E-state index is 0.203. The molecule has 0 saturated carbocycles. The summed E-state index contributed by atoms with van der Waals surface area (Å²) in [4.78, 5) is 6.74. The van der Waals surface area contributed by atoms with Crippen LogP contribution in [0.1, 0.15) is 18.0 Å². The smallest absolute Gasteiger partial charge is 0.243 e. The third kappa shape index (κ3) is 3.51. The van der Waals surface area contributed by atoms with E-state index in [9.17, 15) is 8.42 Å². The molecule has 2 unspecified atom stereocenters. The summed E-state index contributed by atoms with van der Waals surface area (Å²) >= 11 is 0. The molecule has 2 fully saturated rings. The van der Waals surface area contributed by atoms with Crippen LogP contribution in [0.5, 0.6) is 0 Å². The molecule has 2 aliphatic heterocycles. The highest BCUT2D eigenvalue weighted by Crippen LogP contribution is 2.25. The fourth-order valence-electron chi connectivity index (χ4n) is 3.59. The molecule has 1 aromatic carbocycles. The highest BCUT2D eigenvalue weighted by atomic mass is 32.2. The molecule has 4 rings (SSSR count). The van der Waals surface area contributed by atoms with Crippen LogP contribution in [-0.2, 0) is 10.0 Å². The summed E-state index contributed by atoms with van der Waals surface area (Å²) in [6.07, 6.45) is 4.75. The SMILES string of the molecule is O=S(=O)(c1ccccc1)N1CCN(C2CC(c3ccncc3)NN2)CC1. The van der Waals surface area contributed by atoms with E-state index in [1.807, 2.05) is 18.2 Å². The van der Waals surface area contributed by atoms with Crippen molar-refractivity contribution in [3.63, 3.8) is 0 Å². The number of nitrogens with one attached hydrogen (secondary N) is 2. The molecule has 0 aliphatic carbocycles. The van der Waals surface area contributed by atoms with Gasteiger partial charge in [-0.05, 0) is 36.2 Å². The number of piperazine rings is 1. The van der Waals surface area contributed by atoms with Crippen LogP contribution in [0.4, 0.5) is 0 Å². The van der Waals surface area contributed by atoms with Gasteiger partial charge in [0.05, 0.1) is 11.1 Å². The van der Waals surface area contributed by atoms with E-state index in [-0.39, 0.29) is 12.2 Å². The van der Waals surface area contributed by atoms with Crippen LogP contribution in [-0.4, -0.2) is 55.0 Å². The molecule has 2 N–H and O–H groups in total. The predicted molar refractivity (Wildman–Crippen MR) is 98.4 cm³/mol. The van der Waals surface area contributed by atoms with Crippen LogP contribution in [0.2, 0.25) is 0 Å². The molecule has 2 aromatic rings. The minimum Gasteiger partial charge on any atom is -0.284 e. The average Bonchev–Trinajstić information content (AvgIpc) is 3.20. The topological polar surface area (TPSA) is 77.6 Å². The van der Waals surface area contributed by atoms with E-state index in [4.69, 9.17) is 0 Å². The maximum Gasteiger partial charge on any atom is 0.243 e. The zero-order valence-corrected chi connectivity index (χ0v) is 15.3. The number of rotatable bonds is 4. The molecule has 0 spiro atoms. The van der Waals surface area contributed by atoms with Crippen molar-refractivity contribution in [2.24, 2.45) is 0 Å². The summed E-state index contributed by atoms with van der Waals surface area (Å²) in [5, 5.41) is 0. The quantitative estimate of drug-likeness (QED) is 0.831. The van der Waals surface area contributed by atoms with Gasteiger partial charge in [0, 0.05) is 44.6 Å². The molecule has 1 aromatic heterocycles. The Morgan fingerprint density at radius 1 is 0.923 bits per heavy atom. The first-order chi connectivity index (χ1) is 12.6. The van der Waals surface area contributed by atoms with Gasteiger partial charge in [-0.25, -0.2) is 19.3 Å². The van der Waals surface area contributed by atoms with Crippen LogP contribution in [0, 0.1) is 0 Å². The normalized spacial score (nSPS) is 25.4. The summed E-state index contributed by atoms with van der Waals surface area (Å²) < 4.78 is 27.0. The first-order valence-electron chi connectivity index (χ1n) is 8.85. The second kappa shape index (κ2) is 7.42. The minimum atomic E-state index is -3.40. The average molecular weight is 373 g/mol. The Labute approximate surface area is 154 Å². The number of hydrogen-bond donors (Lipinski definition) is 2. The Balaban J connectivity index is 1.36. The number of hydrazine groups is 1. The largest absolute Gasteiger partial charge is 0.284 e. The van der Waals surface area contributed by atoms with Crippen molar-refractivity contribution in [3.8, 4) is 0 Å². The standard InChI is InChI=1S/C18H23N5O2S/c24-26(25,16-4-2-1-3-5-16)23-12-10-22(11-13-23)18-14-17(20-21-18)15-6-8-19-9-7-15/h1-9,17-18,20-21H,10-14H2. The van der Waals surface area contributed by atoms with Crippen molar-refractivity contribution in [3.05, 3.63) is 60.4 Å². The molecule has 0 amide bonds. The molecular weight excluding hydrogens is 350 g/mol. The number of hydrogen-bond acceptors (Lipinski definition) is 6. The Morgan fingerprint density at radius 3 is 2.31 bits per heavy atom. The Bertz CT molecular complexity index is 823. The molecule has 0 radical (unpaired) electrons. The van der Waals surface area contributed by atoms with Gasteiger partial charge in [-0.2, -0.15) is 4.31 Å². The van der Waals surface area contributed by atoms with E-state index < -0.39 is 10.0 Å². The Morgan fingerprint density at radius 2 is 1.62 bits per heavy atom. The summed E-state index contributed by atoms with van der Waals surface area (Å²) in [7, 11) is -3.40. The van der Waals surface area contributed by atoms with E-state index in [2.05, 4.69) is 20.7 Å². The molecule has 2 saturated heterocycles. The van der Waals surface area contributed by atoms with Crippen LogP contribution in [0.15, 0.2) is 59.8 Å². The van der Waals surface area contributed by atoms with Crippen LogP contribution < -0.4 is 10.9 Å². The summed E-state index contributed by atoms with van der Waals surface area (Å²) in [6, 6.07) is 12.9. The van der Waals surface area contributed by atoms with Gasteiger partial charge in [0.15, 0.2) is 0 Å². The molecule has 26 heavy (non-hydrogen) atoms. The molecule has 2 atom stereocenters. The van der Waals surface area contributed by atoms with Crippen molar-refractivity contribution < 1.29 is 8.42 Å². The monoisotopic (exact) mass is 373 g/mol. The number of aromatic nitrogens is 1. The van der Waals surface area contributed by atoms with Crippen molar-refractivity contribution in [2.75, 3.05) is 26.2 Å². The lowest BCUT2D eigenvalue weighted by atomic mass is 10.1. The lowest BCUT2D eigenvalue weighted by Gasteiger charge is -2.37. The Kier molecular flexibility index (Phi) is 5.01. The lowest BCUT2D eigenvalue weighted by Crippen LogP contribution is -2.55. The van der Waals surface area contributed by atoms with E-state index in [1.54, 1.807) is 41.0 Å². The highest BCUT2D eigenvalue weighted by molar-refractivity contribution is 7.89. The lowest BCUT2D eigenvalue weighted by molar-refractivity contribution is 0.123. The zero-order chi connectivity index (χ0) is 18.0. The molecule has 0 bridgehead atoms. The maximum atomic E-state index is 12.7. The molecule has 138 valence electrons. The van der Waals surface area contributed by atoms with Crippen LogP contribution >= 0.6 is 0 Å². The van der Waals surface area contributed by atoms with Gasteiger partial charge in [0.1, 0.15) is 0 Å². The van der Waals surface area contributed by atoms with Crippen molar-refractivity contribution in [1.82, 2.24) is 25.0 Å². The van der Waals surface area contributed by atoms with E-state index in [0.717, 1.165) is 6.42 Å². The highest BCUT2D eigenvalue weighted by Gasteiger charge is 2.34. The molecule has 3 heterocycles. The van der Waals surface area contributed by atoms with Gasteiger partial charge < -0.3 is 0 Å². The van der Waals surface area contributed by atoms with E-state index in [1.165, 1.54) is 5.56 Å². The van der Waals surface area contributed by atoms with Gasteiger partial charge >= 0.3 is 0 Å². The summed E-state index contributed by atoms with van der Waals surface area (Å²) in [6.45, 7) is 2.45. The van der Waals surface area contributed by atoms with Gasteiger partial charge in [0.25, 0.3) is 0 Å². The fraction of sp³-hybridized carbons (Fsp3) is 0.389. The second-order valence-electron chi connectivity index (χ2n) is 6.63. The summed E-state index contributed by atoms with van der Waals surface area (Å²) in [5.74, 6) is 0. The maximum absolute atomic E-state index is 12.7. The third-order valence-electron chi connectivity index (χ3n) is 5.09. The van der Waals surface area contributed by atoms with Gasteiger partial charge in [-0.1, -0.05) is 18.2 Å². The molecule has 2 aliphatic rings. The first kappa shape index (κ1) is 17.6. The number of sulfonamides is 1. The van der Waals surface area contributed by atoms with Crippen molar-refractivity contribution >= 4 is 10.0 Å². The number of nitrogens with zero attached hydrogens (tertiary/aromatic N) is 3. The Hall–Kier alpha value is -1.84. The summed E-state index contributed by atoms with van der Waals surface area (Å²) in [5.41, 5.74) is 7.89. The number of pyridine rings is 1. The molecular formula is C18H23N5O2S. The molecule has 8 heteroatoms. The number of benzene rings is 1. The van der Waals surface area contributed by atoms with Gasteiger partial charge in [0.2, 0.25) is 10.0 Å². The van der Waals surface area contributed by atoms with Crippen molar-refractivity contribution in [2.45, 2.75) is 23.5 Å². The fourth-order valence-corrected chi connectivity index (χ4v) is 5.03. The second-order valence-corrected chi connectivity index (χ2v) is 8.56. The zero-order valence-electron chi connectivity index (χ0n) is 14.5. The van der Waals surface area contributed by atoms with Crippen LogP contribution in [0.25, 0.3) is 0 Å². The van der Waals surface area contributed by atoms with Crippen LogP contribution in [0.3, 0.4) is 0 Å². The molecule has 7 nitrogen and oxygen atoms in total. The van der Waals surface area contributed by atoms with E-state index in [0.29, 0.717) is 31.1 Å².